The number of benzene rings is 1. The van der Waals surface area contributed by atoms with Gasteiger partial charge in [0, 0.05) is 33.0 Å². The van der Waals surface area contributed by atoms with Gasteiger partial charge in [0.1, 0.15) is 5.82 Å². The molecule has 1 aromatic carbocycles. The predicted molar refractivity (Wildman–Crippen MR) is 96.4 cm³/mol. The zero-order valence-corrected chi connectivity index (χ0v) is 15.5. The number of carbonyl (C=O) groups is 3. The van der Waals surface area contributed by atoms with Crippen molar-refractivity contribution < 1.29 is 23.9 Å². The van der Waals surface area contributed by atoms with Crippen molar-refractivity contribution in [3.63, 3.8) is 0 Å². The number of amides is 2. The van der Waals surface area contributed by atoms with E-state index in [4.69, 9.17) is 0 Å². The maximum absolute atomic E-state index is 12.9. The normalized spacial score (nSPS) is 21.7. The summed E-state index contributed by atoms with van der Waals surface area (Å²) in [6.45, 7) is 0.938. The minimum atomic E-state index is -0.938. The van der Waals surface area contributed by atoms with Gasteiger partial charge in [0.05, 0.1) is 11.5 Å². The third-order valence-electron chi connectivity index (χ3n) is 6.12. The Hall–Kier alpha value is -2.44. The Morgan fingerprint density at radius 3 is 2.44 bits per heavy atom. The minimum absolute atomic E-state index is 0.0391. The van der Waals surface area contributed by atoms with Crippen molar-refractivity contribution in [2.45, 2.75) is 44.1 Å². The first-order chi connectivity index (χ1) is 12.8. The number of likely N-dealkylation sites (tertiary alicyclic amines) is 2. The standard InChI is InChI=1S/C20H25FN2O4/c1-22-18(25)13-16(19(26)27)20(22)9-11-23(12-10-20)17(24)4-2-3-14-5-7-15(21)8-6-14/h5-8,16H,2-4,9-13H2,1H3,(H,26,27)/t16-/m1/s1. The fourth-order valence-corrected chi connectivity index (χ4v) is 4.38. The van der Waals surface area contributed by atoms with Gasteiger partial charge in [-0.15, -0.1) is 0 Å². The Balaban J connectivity index is 1.52. The zero-order valence-electron chi connectivity index (χ0n) is 15.5. The van der Waals surface area contributed by atoms with E-state index in [2.05, 4.69) is 0 Å². The molecule has 3 rings (SSSR count). The summed E-state index contributed by atoms with van der Waals surface area (Å²) >= 11 is 0. The van der Waals surface area contributed by atoms with Gasteiger partial charge in [0.2, 0.25) is 11.8 Å². The number of carbonyl (C=O) groups excluding carboxylic acids is 2. The van der Waals surface area contributed by atoms with Crippen molar-refractivity contribution in [3.05, 3.63) is 35.6 Å². The van der Waals surface area contributed by atoms with E-state index in [0.29, 0.717) is 45.2 Å². The smallest absolute Gasteiger partial charge is 0.309 e. The van der Waals surface area contributed by atoms with Gasteiger partial charge in [-0.25, -0.2) is 4.39 Å². The van der Waals surface area contributed by atoms with Crippen LogP contribution in [-0.4, -0.2) is 58.4 Å². The van der Waals surface area contributed by atoms with E-state index < -0.39 is 17.4 Å². The van der Waals surface area contributed by atoms with Crippen LogP contribution in [0.5, 0.6) is 0 Å². The molecule has 27 heavy (non-hydrogen) atoms. The molecule has 2 amide bonds. The summed E-state index contributed by atoms with van der Waals surface area (Å²) in [6.07, 6.45) is 2.83. The third kappa shape index (κ3) is 3.82. The van der Waals surface area contributed by atoms with Crippen molar-refractivity contribution in [3.8, 4) is 0 Å². The van der Waals surface area contributed by atoms with Crippen LogP contribution in [0.25, 0.3) is 0 Å². The van der Waals surface area contributed by atoms with Gasteiger partial charge in [-0.05, 0) is 43.4 Å². The van der Waals surface area contributed by atoms with Crippen LogP contribution in [0.4, 0.5) is 4.39 Å². The number of carboxylic acid groups (broad SMARTS) is 1. The Labute approximate surface area is 157 Å². The molecule has 2 heterocycles. The molecule has 2 fully saturated rings. The summed E-state index contributed by atoms with van der Waals surface area (Å²) in [7, 11) is 1.67. The lowest BCUT2D eigenvalue weighted by Gasteiger charge is -2.45. The van der Waals surface area contributed by atoms with E-state index in [0.717, 1.165) is 5.56 Å². The molecule has 2 saturated heterocycles. The highest BCUT2D eigenvalue weighted by molar-refractivity contribution is 5.88. The quantitative estimate of drug-likeness (QED) is 0.853. The summed E-state index contributed by atoms with van der Waals surface area (Å²) in [5, 5.41) is 9.50. The average molecular weight is 376 g/mol. The summed E-state index contributed by atoms with van der Waals surface area (Å²) < 4.78 is 12.9. The van der Waals surface area contributed by atoms with Gasteiger partial charge in [0.15, 0.2) is 0 Å². The molecule has 1 atom stereocenters. The first-order valence-corrected chi connectivity index (χ1v) is 9.35. The first kappa shape index (κ1) is 19.3. The van der Waals surface area contributed by atoms with Crippen molar-refractivity contribution in [2.24, 2.45) is 5.92 Å². The van der Waals surface area contributed by atoms with Gasteiger partial charge in [0.25, 0.3) is 0 Å². The number of piperidine rings is 1. The van der Waals surface area contributed by atoms with Crippen LogP contribution in [0.3, 0.4) is 0 Å². The molecule has 0 unspecified atom stereocenters. The highest BCUT2D eigenvalue weighted by atomic mass is 19.1. The van der Waals surface area contributed by atoms with E-state index in [-0.39, 0.29) is 24.1 Å². The van der Waals surface area contributed by atoms with Gasteiger partial charge in [-0.3, -0.25) is 14.4 Å². The van der Waals surface area contributed by atoms with E-state index in [1.165, 1.54) is 12.1 Å². The Morgan fingerprint density at radius 2 is 1.85 bits per heavy atom. The van der Waals surface area contributed by atoms with Crippen molar-refractivity contribution in [1.82, 2.24) is 9.80 Å². The minimum Gasteiger partial charge on any atom is -0.481 e. The van der Waals surface area contributed by atoms with E-state index in [1.54, 1.807) is 29.0 Å². The zero-order chi connectivity index (χ0) is 19.6. The van der Waals surface area contributed by atoms with Crippen LogP contribution in [-0.2, 0) is 20.8 Å². The summed E-state index contributed by atoms with van der Waals surface area (Å²) in [5.41, 5.74) is 0.325. The van der Waals surface area contributed by atoms with Crippen LogP contribution in [0.15, 0.2) is 24.3 Å². The molecule has 0 aromatic heterocycles. The number of hydrogen-bond donors (Lipinski definition) is 1. The number of hydrogen-bond acceptors (Lipinski definition) is 3. The Bertz CT molecular complexity index is 726. The van der Waals surface area contributed by atoms with Crippen molar-refractivity contribution in [2.75, 3.05) is 20.1 Å². The highest BCUT2D eigenvalue weighted by Crippen LogP contribution is 2.42. The summed E-state index contributed by atoms with van der Waals surface area (Å²) in [4.78, 5) is 39.5. The van der Waals surface area contributed by atoms with Gasteiger partial charge in [-0.2, -0.15) is 0 Å². The Kier molecular flexibility index (Phi) is 5.48. The molecular formula is C20H25FN2O4. The third-order valence-corrected chi connectivity index (χ3v) is 6.12. The molecular weight excluding hydrogens is 351 g/mol. The maximum Gasteiger partial charge on any atom is 0.309 e. The lowest BCUT2D eigenvalue weighted by Crippen LogP contribution is -2.56. The summed E-state index contributed by atoms with van der Waals surface area (Å²) in [6, 6.07) is 6.28. The van der Waals surface area contributed by atoms with Crippen LogP contribution in [0, 0.1) is 11.7 Å². The lowest BCUT2D eigenvalue weighted by molar-refractivity contribution is -0.147. The monoisotopic (exact) mass is 376 g/mol. The van der Waals surface area contributed by atoms with Crippen LogP contribution < -0.4 is 0 Å². The number of aryl methyl sites for hydroxylation is 1. The number of nitrogens with zero attached hydrogens (tertiary/aromatic N) is 2. The van der Waals surface area contributed by atoms with E-state index >= 15 is 0 Å². The number of carboxylic acids is 1. The molecule has 6 nitrogen and oxygen atoms in total. The predicted octanol–water partition coefficient (Wildman–Crippen LogP) is 2.07. The second-order valence-electron chi connectivity index (χ2n) is 7.51. The lowest BCUT2D eigenvalue weighted by atomic mass is 9.77. The molecule has 7 heteroatoms. The van der Waals surface area contributed by atoms with Crippen LogP contribution in [0.2, 0.25) is 0 Å². The first-order valence-electron chi connectivity index (χ1n) is 9.35. The largest absolute Gasteiger partial charge is 0.481 e. The molecule has 0 saturated carbocycles. The average Bonchev–Trinajstić information content (AvgIpc) is 2.89. The topological polar surface area (TPSA) is 77.9 Å². The molecule has 0 bridgehead atoms. The number of halogens is 1. The molecule has 146 valence electrons. The van der Waals surface area contributed by atoms with E-state index in [1.807, 2.05) is 0 Å². The highest BCUT2D eigenvalue weighted by Gasteiger charge is 2.55. The molecule has 0 aliphatic carbocycles. The second-order valence-corrected chi connectivity index (χ2v) is 7.51. The number of rotatable bonds is 5. The Morgan fingerprint density at radius 1 is 1.22 bits per heavy atom. The second kappa shape index (κ2) is 7.66. The molecule has 2 aliphatic heterocycles. The summed E-state index contributed by atoms with van der Waals surface area (Å²) in [5.74, 6) is -2.00. The van der Waals surface area contributed by atoms with Crippen molar-refractivity contribution in [1.29, 1.82) is 0 Å². The van der Waals surface area contributed by atoms with Crippen LogP contribution >= 0.6 is 0 Å². The molecule has 1 N–H and O–H groups in total. The van der Waals surface area contributed by atoms with Gasteiger partial charge in [-0.1, -0.05) is 12.1 Å². The van der Waals surface area contributed by atoms with Crippen molar-refractivity contribution >= 4 is 17.8 Å². The molecule has 2 aliphatic rings. The molecule has 1 aromatic rings. The molecule has 1 spiro atoms. The molecule has 0 radical (unpaired) electrons. The maximum atomic E-state index is 12.9. The number of aliphatic carboxylic acids is 1. The fourth-order valence-electron chi connectivity index (χ4n) is 4.38. The van der Waals surface area contributed by atoms with Gasteiger partial charge >= 0.3 is 5.97 Å². The van der Waals surface area contributed by atoms with Crippen LogP contribution in [0.1, 0.15) is 37.7 Å². The van der Waals surface area contributed by atoms with Gasteiger partial charge < -0.3 is 14.9 Å². The SMILES string of the molecule is CN1C(=O)C[C@H](C(=O)O)C12CCN(C(=O)CCCc1ccc(F)cc1)CC2. The fraction of sp³-hybridized carbons (Fsp3) is 0.550. The van der Waals surface area contributed by atoms with E-state index in [9.17, 15) is 23.9 Å².